The molecule has 7 heteroatoms. The zero-order chi connectivity index (χ0) is 19.0. The van der Waals surface area contributed by atoms with E-state index in [1.807, 2.05) is 6.07 Å². The van der Waals surface area contributed by atoms with Crippen LogP contribution in [0.3, 0.4) is 0 Å². The minimum Gasteiger partial charge on any atom is -0.454 e. The van der Waals surface area contributed by atoms with E-state index in [1.54, 1.807) is 31.2 Å². The monoisotopic (exact) mass is 368 g/mol. The summed E-state index contributed by atoms with van der Waals surface area (Å²) in [5, 5.41) is 0. The number of rotatable bonds is 4. The smallest absolute Gasteiger partial charge is 0.337 e. The van der Waals surface area contributed by atoms with Gasteiger partial charge in [-0.05, 0) is 42.3 Å². The second-order valence-corrected chi connectivity index (χ2v) is 6.07. The molecule has 0 saturated carbocycles. The Labute approximate surface area is 155 Å². The number of aryl methyl sites for hydroxylation is 1. The van der Waals surface area contributed by atoms with E-state index in [0.29, 0.717) is 34.1 Å². The molecule has 0 amide bonds. The van der Waals surface area contributed by atoms with Crippen molar-refractivity contribution in [2.45, 2.75) is 6.92 Å². The molecule has 0 unspecified atom stereocenters. The number of fused-ring (bicyclic) bond motifs is 2. The highest BCUT2D eigenvalue weighted by molar-refractivity contribution is 6.15. The van der Waals surface area contributed by atoms with E-state index in [0.717, 1.165) is 5.56 Å². The van der Waals surface area contributed by atoms with Gasteiger partial charge in [-0.25, -0.2) is 4.79 Å². The van der Waals surface area contributed by atoms with E-state index in [9.17, 15) is 9.59 Å². The van der Waals surface area contributed by atoms with Crippen molar-refractivity contribution in [2.24, 2.45) is 0 Å². The maximum Gasteiger partial charge on any atom is 0.337 e. The molecule has 0 aromatic heterocycles. The van der Waals surface area contributed by atoms with Crippen LogP contribution in [0.2, 0.25) is 0 Å². The van der Waals surface area contributed by atoms with Crippen LogP contribution in [0.5, 0.6) is 23.0 Å². The minimum atomic E-state index is -0.530. The Balaban J connectivity index is 1.61. The summed E-state index contributed by atoms with van der Waals surface area (Å²) in [7, 11) is 1.41. The molecular formula is C20H16O7. The lowest BCUT2D eigenvalue weighted by atomic mass is 10.0. The van der Waals surface area contributed by atoms with Crippen molar-refractivity contribution in [3.05, 3.63) is 52.8 Å². The summed E-state index contributed by atoms with van der Waals surface area (Å²) in [6.07, 6.45) is 1.64. The van der Waals surface area contributed by atoms with Crippen LogP contribution in [-0.4, -0.2) is 32.3 Å². The van der Waals surface area contributed by atoms with Crippen molar-refractivity contribution in [3.8, 4) is 23.0 Å². The molecular weight excluding hydrogens is 352 g/mol. The van der Waals surface area contributed by atoms with Crippen molar-refractivity contribution in [3.63, 3.8) is 0 Å². The Morgan fingerprint density at radius 2 is 1.96 bits per heavy atom. The van der Waals surface area contributed by atoms with Crippen molar-refractivity contribution < 1.29 is 33.3 Å². The Kier molecular flexibility index (Phi) is 4.29. The number of methoxy groups -OCH3 is 1. The van der Waals surface area contributed by atoms with Gasteiger partial charge in [0.25, 0.3) is 0 Å². The molecule has 27 heavy (non-hydrogen) atoms. The van der Waals surface area contributed by atoms with Gasteiger partial charge in [0, 0.05) is 13.2 Å². The lowest BCUT2D eigenvalue weighted by molar-refractivity contribution is -0.138. The summed E-state index contributed by atoms with van der Waals surface area (Å²) < 4.78 is 26.3. The van der Waals surface area contributed by atoms with Crippen LogP contribution >= 0.6 is 0 Å². The van der Waals surface area contributed by atoms with Crippen LogP contribution in [0, 0.1) is 6.92 Å². The largest absolute Gasteiger partial charge is 0.454 e. The molecule has 0 bridgehead atoms. The first-order valence-electron chi connectivity index (χ1n) is 8.23. The van der Waals surface area contributed by atoms with Crippen molar-refractivity contribution in [1.82, 2.24) is 0 Å². The Morgan fingerprint density at radius 1 is 1.15 bits per heavy atom. The van der Waals surface area contributed by atoms with Gasteiger partial charge >= 0.3 is 5.97 Å². The van der Waals surface area contributed by atoms with Gasteiger partial charge in [-0.2, -0.15) is 0 Å². The van der Waals surface area contributed by atoms with E-state index in [4.69, 9.17) is 23.7 Å². The average Bonchev–Trinajstić information content (AvgIpc) is 3.20. The van der Waals surface area contributed by atoms with Gasteiger partial charge in [0.15, 0.2) is 17.3 Å². The van der Waals surface area contributed by atoms with Crippen molar-refractivity contribution in [2.75, 3.05) is 20.5 Å². The maximum atomic E-state index is 12.7. The van der Waals surface area contributed by atoms with Crippen molar-refractivity contribution in [1.29, 1.82) is 0 Å². The molecule has 138 valence electrons. The van der Waals surface area contributed by atoms with Crippen LogP contribution in [0.25, 0.3) is 6.08 Å². The molecule has 2 aliphatic heterocycles. The zero-order valence-electron chi connectivity index (χ0n) is 14.7. The van der Waals surface area contributed by atoms with Crippen LogP contribution in [0.1, 0.15) is 21.5 Å². The minimum absolute atomic E-state index is 0.162. The fraction of sp³-hybridized carbons (Fsp3) is 0.200. The summed E-state index contributed by atoms with van der Waals surface area (Å²) in [4.78, 5) is 24.3. The normalized spacial score (nSPS) is 15.6. The van der Waals surface area contributed by atoms with E-state index in [1.165, 1.54) is 13.2 Å². The third kappa shape index (κ3) is 3.24. The summed E-state index contributed by atoms with van der Waals surface area (Å²) in [6.45, 7) is 1.78. The molecule has 0 N–H and O–H groups in total. The Morgan fingerprint density at radius 3 is 2.78 bits per heavy atom. The van der Waals surface area contributed by atoms with Crippen LogP contribution in [0.4, 0.5) is 0 Å². The highest BCUT2D eigenvalue weighted by Crippen LogP contribution is 2.38. The second-order valence-electron chi connectivity index (χ2n) is 6.07. The molecule has 0 spiro atoms. The summed E-state index contributed by atoms with van der Waals surface area (Å²) in [5.41, 5.74) is 1.86. The first kappa shape index (κ1) is 17.1. The fourth-order valence-electron chi connectivity index (χ4n) is 2.97. The van der Waals surface area contributed by atoms with Crippen molar-refractivity contribution >= 4 is 17.8 Å². The van der Waals surface area contributed by atoms with E-state index in [2.05, 4.69) is 0 Å². The number of hydrogen-bond acceptors (Lipinski definition) is 7. The molecule has 4 rings (SSSR count). The average molecular weight is 368 g/mol. The number of benzene rings is 2. The fourth-order valence-corrected chi connectivity index (χ4v) is 2.97. The molecule has 0 atom stereocenters. The quantitative estimate of drug-likeness (QED) is 0.466. The number of ether oxygens (including phenoxy) is 5. The van der Waals surface area contributed by atoms with Gasteiger partial charge in [0.05, 0.1) is 5.56 Å². The Hall–Kier alpha value is -3.32. The van der Waals surface area contributed by atoms with E-state index < -0.39 is 5.97 Å². The first-order chi connectivity index (χ1) is 13.0. The van der Waals surface area contributed by atoms with E-state index in [-0.39, 0.29) is 24.9 Å². The maximum absolute atomic E-state index is 12.7. The number of carbonyl (C=O) groups is 2. The summed E-state index contributed by atoms with van der Waals surface area (Å²) in [5.74, 6) is 1.37. The number of allylic oxidation sites excluding steroid dienone is 1. The molecule has 2 aliphatic rings. The molecule has 2 aromatic rings. The molecule has 0 saturated heterocycles. The predicted octanol–water partition coefficient (Wildman–Crippen LogP) is 2.89. The number of esters is 1. The number of Topliss-reactive ketones (excluding diaryl/α,β-unsaturated/α-hetero) is 1. The third-order valence-electron chi connectivity index (χ3n) is 4.13. The third-order valence-corrected chi connectivity index (χ3v) is 4.13. The standard InChI is InChI=1S/C20H16O7/c1-11-5-13(26-18(21)9-23-2)8-16-19(11)20(22)17(27-16)7-12-3-4-14-15(6-12)25-10-24-14/h3-8H,9-10H2,1-2H3/b17-7-. The second kappa shape index (κ2) is 6.77. The topological polar surface area (TPSA) is 80.3 Å². The first-order valence-corrected chi connectivity index (χ1v) is 8.23. The summed E-state index contributed by atoms with van der Waals surface area (Å²) >= 11 is 0. The van der Waals surface area contributed by atoms with Crippen LogP contribution in [0.15, 0.2) is 36.1 Å². The number of ketones is 1. The lowest BCUT2D eigenvalue weighted by Crippen LogP contribution is -2.14. The Bertz CT molecular complexity index is 975. The predicted molar refractivity (Wildman–Crippen MR) is 94.2 cm³/mol. The SMILES string of the molecule is COCC(=O)Oc1cc(C)c2c(c1)O/C(=C\c1ccc3c(c1)OCO3)C2=O. The van der Waals surface area contributed by atoms with Gasteiger partial charge < -0.3 is 23.7 Å². The number of hydrogen-bond donors (Lipinski definition) is 0. The lowest BCUT2D eigenvalue weighted by Gasteiger charge is -2.07. The van der Waals surface area contributed by atoms with Gasteiger partial charge in [-0.1, -0.05) is 6.07 Å². The molecule has 0 fully saturated rings. The molecule has 0 radical (unpaired) electrons. The molecule has 2 aromatic carbocycles. The molecule has 2 heterocycles. The number of carbonyl (C=O) groups excluding carboxylic acids is 2. The van der Waals surface area contributed by atoms with Gasteiger partial charge in [0.1, 0.15) is 18.1 Å². The highest BCUT2D eigenvalue weighted by Gasteiger charge is 2.30. The van der Waals surface area contributed by atoms with Gasteiger partial charge in [-0.3, -0.25) is 4.79 Å². The van der Waals surface area contributed by atoms with E-state index >= 15 is 0 Å². The van der Waals surface area contributed by atoms with Crippen LogP contribution in [-0.2, 0) is 9.53 Å². The summed E-state index contributed by atoms with van der Waals surface area (Å²) in [6, 6.07) is 8.51. The van der Waals surface area contributed by atoms with Gasteiger partial charge in [-0.15, -0.1) is 0 Å². The van der Waals surface area contributed by atoms with Crippen LogP contribution < -0.4 is 18.9 Å². The van der Waals surface area contributed by atoms with Gasteiger partial charge in [0.2, 0.25) is 12.6 Å². The zero-order valence-corrected chi connectivity index (χ0v) is 14.7. The molecule has 7 nitrogen and oxygen atoms in total. The molecule has 0 aliphatic carbocycles. The highest BCUT2D eigenvalue weighted by atomic mass is 16.7.